The molecule has 1 aromatic heterocycles. The highest BCUT2D eigenvalue weighted by Crippen LogP contribution is 2.36. The van der Waals surface area contributed by atoms with E-state index in [1.165, 1.54) is 12.1 Å². The van der Waals surface area contributed by atoms with Crippen molar-refractivity contribution in [3.8, 4) is 5.88 Å². The number of morpholine rings is 1. The van der Waals surface area contributed by atoms with Crippen molar-refractivity contribution in [2.24, 2.45) is 0 Å². The molecule has 3 fully saturated rings. The molecule has 3 amide bonds. The molecule has 5 heterocycles. The number of carbonyl (C=O) groups is 3. The van der Waals surface area contributed by atoms with Crippen LogP contribution in [0.1, 0.15) is 76.5 Å². The molecule has 0 aliphatic carbocycles. The van der Waals surface area contributed by atoms with Gasteiger partial charge in [-0.3, -0.25) is 19.4 Å². The fourth-order valence-corrected chi connectivity index (χ4v) is 7.69. The first-order chi connectivity index (χ1) is 25.2. The Balaban J connectivity index is 1.29. The third kappa shape index (κ3) is 9.28. The second kappa shape index (κ2) is 16.3. The van der Waals surface area contributed by atoms with Crippen LogP contribution in [-0.2, 0) is 25.4 Å². The number of anilines is 1. The summed E-state index contributed by atoms with van der Waals surface area (Å²) in [7, 11) is 0. The molecule has 0 radical (unpaired) electrons. The molecule has 1 N–H and O–H groups in total. The minimum atomic E-state index is -0.637. The molecule has 2 aromatic rings. The molecular formula is C39H55FN6O7. The predicted octanol–water partition coefficient (Wildman–Crippen LogP) is 3.86. The Morgan fingerprint density at radius 1 is 0.943 bits per heavy atom. The summed E-state index contributed by atoms with van der Waals surface area (Å²) in [5, 5.41) is 3.03. The molecule has 6 atom stereocenters. The van der Waals surface area contributed by atoms with Gasteiger partial charge in [0.2, 0.25) is 11.8 Å². The molecule has 1 aromatic carbocycles. The van der Waals surface area contributed by atoms with Crippen LogP contribution in [0.25, 0.3) is 0 Å². The number of piperazine rings is 1. The maximum absolute atomic E-state index is 14.6. The van der Waals surface area contributed by atoms with Gasteiger partial charge in [0.15, 0.2) is 0 Å². The zero-order valence-electron chi connectivity index (χ0n) is 32.1. The second-order valence-electron chi connectivity index (χ2n) is 16.1. The topological polar surface area (TPSA) is 126 Å². The number of halogens is 1. The van der Waals surface area contributed by atoms with Crippen molar-refractivity contribution in [1.82, 2.24) is 25.0 Å². The van der Waals surface area contributed by atoms with Crippen molar-refractivity contribution < 1.29 is 37.7 Å². The van der Waals surface area contributed by atoms with Gasteiger partial charge in [-0.25, -0.2) is 14.2 Å². The largest absolute Gasteiger partial charge is 0.474 e. The van der Waals surface area contributed by atoms with Gasteiger partial charge in [0.1, 0.15) is 29.4 Å². The van der Waals surface area contributed by atoms with Gasteiger partial charge in [-0.05, 0) is 90.6 Å². The van der Waals surface area contributed by atoms with Crippen LogP contribution in [-0.4, -0.2) is 139 Å². The minimum absolute atomic E-state index is 0.102. The number of nitrogens with zero attached hydrogens (tertiary/aromatic N) is 5. The van der Waals surface area contributed by atoms with Gasteiger partial charge in [0.25, 0.3) is 5.91 Å². The molecule has 0 saturated carbocycles. The molecule has 4 aliphatic rings. The van der Waals surface area contributed by atoms with Crippen LogP contribution in [0.2, 0.25) is 0 Å². The average Bonchev–Trinajstić information content (AvgIpc) is 3.60. The van der Waals surface area contributed by atoms with Crippen molar-refractivity contribution in [2.75, 3.05) is 64.1 Å². The Bertz CT molecular complexity index is 1620. The van der Waals surface area contributed by atoms with Crippen molar-refractivity contribution >= 4 is 23.6 Å². The summed E-state index contributed by atoms with van der Waals surface area (Å²) in [5.41, 5.74) is 1.43. The van der Waals surface area contributed by atoms with Gasteiger partial charge < -0.3 is 34.1 Å². The molecule has 53 heavy (non-hydrogen) atoms. The van der Waals surface area contributed by atoms with Crippen LogP contribution >= 0.6 is 0 Å². The Morgan fingerprint density at radius 3 is 2.32 bits per heavy atom. The molecule has 13 nitrogen and oxygen atoms in total. The van der Waals surface area contributed by atoms with E-state index in [1.807, 2.05) is 40.7 Å². The fraction of sp³-hybridized carbons (Fsp3) is 0.641. The number of carbonyl (C=O) groups excluding carboxylic acids is 3. The molecule has 290 valence electrons. The lowest BCUT2D eigenvalue weighted by Gasteiger charge is -2.49. The highest BCUT2D eigenvalue weighted by Gasteiger charge is 2.41. The quantitative estimate of drug-likeness (QED) is 0.427. The van der Waals surface area contributed by atoms with Crippen LogP contribution < -0.4 is 15.0 Å². The Morgan fingerprint density at radius 2 is 1.66 bits per heavy atom. The van der Waals surface area contributed by atoms with Gasteiger partial charge >= 0.3 is 6.09 Å². The van der Waals surface area contributed by atoms with Crippen LogP contribution in [0.3, 0.4) is 0 Å². The van der Waals surface area contributed by atoms with E-state index in [1.54, 1.807) is 21.9 Å². The molecule has 14 heteroatoms. The van der Waals surface area contributed by atoms with Crippen molar-refractivity contribution in [3.63, 3.8) is 0 Å². The van der Waals surface area contributed by atoms with E-state index >= 15 is 0 Å². The zero-order valence-corrected chi connectivity index (χ0v) is 32.1. The van der Waals surface area contributed by atoms with Gasteiger partial charge in [0, 0.05) is 50.4 Å². The first-order valence-corrected chi connectivity index (χ1v) is 18.9. The lowest BCUT2D eigenvalue weighted by molar-refractivity contribution is -0.123. The molecule has 0 bridgehead atoms. The number of hydrogen-bond acceptors (Lipinski definition) is 10. The monoisotopic (exact) mass is 738 g/mol. The van der Waals surface area contributed by atoms with E-state index in [0.29, 0.717) is 70.2 Å². The maximum Gasteiger partial charge on any atom is 0.410 e. The molecule has 6 rings (SSSR count). The summed E-state index contributed by atoms with van der Waals surface area (Å²) in [6.07, 6.45) is 0.637. The lowest BCUT2D eigenvalue weighted by Crippen LogP contribution is -2.65. The minimum Gasteiger partial charge on any atom is -0.474 e. The van der Waals surface area contributed by atoms with E-state index < -0.39 is 5.60 Å². The third-order valence-electron chi connectivity index (χ3n) is 10.5. The van der Waals surface area contributed by atoms with E-state index in [4.69, 9.17) is 23.9 Å². The van der Waals surface area contributed by atoms with E-state index in [0.717, 1.165) is 5.56 Å². The van der Waals surface area contributed by atoms with Crippen molar-refractivity contribution in [2.45, 2.75) is 103 Å². The summed E-state index contributed by atoms with van der Waals surface area (Å²) >= 11 is 0. The first-order valence-electron chi connectivity index (χ1n) is 18.9. The molecular weight excluding hydrogens is 683 g/mol. The smallest absolute Gasteiger partial charge is 0.410 e. The number of ether oxygens (including phenoxy) is 4. The van der Waals surface area contributed by atoms with E-state index in [2.05, 4.69) is 29.0 Å². The summed E-state index contributed by atoms with van der Waals surface area (Å²) in [6, 6.07) is 7.50. The Kier molecular flexibility index (Phi) is 11.9. The molecule has 3 saturated heterocycles. The summed E-state index contributed by atoms with van der Waals surface area (Å²) in [5.74, 6) is -0.634. The second-order valence-corrected chi connectivity index (χ2v) is 16.1. The molecule has 0 unspecified atom stereocenters. The van der Waals surface area contributed by atoms with Gasteiger partial charge in [-0.15, -0.1) is 0 Å². The standard InChI is InChI=1S/C39H55FN6O7/c1-24-16-43(32(17-44-25(2)20-51-21-26(44)3)18-45(24)38(49)53-39(5,6)7)19-34(47)46-27(4)22-52-37-33(46)15-29(14-28-8-10-30(40)11-9-28)35(42-37)36(48)41-31-12-13-50-23-31/h8-11,15,24-27,31-32H,12-14,16-23H2,1-7H3,(H,41,48)/t24-,25-,26-,27+,31+,32+/m1/s1. The Hall–Kier alpha value is -3.85. The number of aromatic nitrogens is 1. The third-order valence-corrected chi connectivity index (χ3v) is 10.5. The van der Waals surface area contributed by atoms with Crippen molar-refractivity contribution in [1.29, 1.82) is 0 Å². The first kappa shape index (κ1) is 38.9. The van der Waals surface area contributed by atoms with Crippen LogP contribution in [0.5, 0.6) is 5.88 Å². The normalized spacial score (nSPS) is 26.9. The predicted molar refractivity (Wildman–Crippen MR) is 197 cm³/mol. The number of nitrogens with one attached hydrogen (secondary N) is 1. The number of rotatable bonds is 8. The molecule has 0 spiro atoms. The lowest BCUT2D eigenvalue weighted by atomic mass is 10.0. The van der Waals surface area contributed by atoms with Gasteiger partial charge in [-0.2, -0.15) is 0 Å². The molecule has 4 aliphatic heterocycles. The SMILES string of the molecule is C[C@@H]1CN(CC(=O)N2c3cc(Cc4ccc(F)cc4)c(C(=O)N[C@H]4CCOC4)nc3OC[C@@H]2C)[C@@H](CN2[C@H](C)COC[C@H]2C)CN1C(=O)OC(C)(C)C. The van der Waals surface area contributed by atoms with E-state index in [9.17, 15) is 18.8 Å². The summed E-state index contributed by atoms with van der Waals surface area (Å²) in [6.45, 7) is 17.9. The van der Waals surface area contributed by atoms with E-state index in [-0.39, 0.29) is 84.7 Å². The average molecular weight is 739 g/mol. The number of hydrogen-bond donors (Lipinski definition) is 1. The zero-order chi connectivity index (χ0) is 38.0. The van der Waals surface area contributed by atoms with Crippen LogP contribution in [0.4, 0.5) is 14.9 Å². The van der Waals surface area contributed by atoms with Gasteiger partial charge in [-0.1, -0.05) is 12.1 Å². The highest BCUT2D eigenvalue weighted by atomic mass is 19.1. The summed E-state index contributed by atoms with van der Waals surface area (Å²) < 4.78 is 37.0. The fourth-order valence-electron chi connectivity index (χ4n) is 7.69. The summed E-state index contributed by atoms with van der Waals surface area (Å²) in [4.78, 5) is 54.5. The number of amides is 3. The number of fused-ring (bicyclic) bond motifs is 1. The van der Waals surface area contributed by atoms with Crippen LogP contribution in [0.15, 0.2) is 30.3 Å². The van der Waals surface area contributed by atoms with Gasteiger partial charge in [0.05, 0.1) is 38.4 Å². The number of pyridine rings is 1. The van der Waals surface area contributed by atoms with Crippen molar-refractivity contribution in [3.05, 3.63) is 53.0 Å². The van der Waals surface area contributed by atoms with Crippen LogP contribution in [0, 0.1) is 5.82 Å². The number of benzene rings is 1. The highest BCUT2D eigenvalue weighted by molar-refractivity contribution is 5.99. The maximum atomic E-state index is 14.6. The Labute approximate surface area is 312 Å².